The van der Waals surface area contributed by atoms with Crippen LogP contribution in [-0.2, 0) is 11.3 Å². The Bertz CT molecular complexity index is 492. The van der Waals surface area contributed by atoms with Crippen LogP contribution in [0.4, 0.5) is 0 Å². The molecule has 1 aromatic carbocycles. The number of rotatable bonds is 6. The molecule has 0 radical (unpaired) electrons. The highest BCUT2D eigenvalue weighted by Gasteiger charge is 2.39. The van der Waals surface area contributed by atoms with Gasteiger partial charge in [0.15, 0.2) is 0 Å². The third-order valence-electron chi connectivity index (χ3n) is 4.89. The van der Waals surface area contributed by atoms with Crippen molar-refractivity contribution in [3.8, 4) is 5.75 Å². The molecule has 2 fully saturated rings. The maximum atomic E-state index is 6.03. The molecule has 23 heavy (non-hydrogen) atoms. The zero-order chi connectivity index (χ0) is 16.2. The molecule has 5 nitrogen and oxygen atoms in total. The van der Waals surface area contributed by atoms with E-state index >= 15 is 0 Å². The Morgan fingerprint density at radius 1 is 1.22 bits per heavy atom. The fourth-order valence-corrected chi connectivity index (χ4v) is 3.56. The summed E-state index contributed by atoms with van der Waals surface area (Å²) in [5.41, 5.74) is 1.34. The molecule has 5 heteroatoms. The van der Waals surface area contributed by atoms with E-state index in [9.17, 15) is 0 Å². The lowest BCUT2D eigenvalue weighted by Crippen LogP contribution is -2.52. The second-order valence-corrected chi connectivity index (χ2v) is 6.86. The van der Waals surface area contributed by atoms with Gasteiger partial charge >= 0.3 is 0 Å². The average molecular weight is 319 g/mol. The first-order valence-electron chi connectivity index (χ1n) is 8.51. The minimum Gasteiger partial charge on any atom is -0.497 e. The largest absolute Gasteiger partial charge is 0.497 e. The smallest absolute Gasteiger partial charge is 0.118 e. The summed E-state index contributed by atoms with van der Waals surface area (Å²) in [5.74, 6) is 0.919. The summed E-state index contributed by atoms with van der Waals surface area (Å²) in [4.78, 5) is 7.39. The first-order chi connectivity index (χ1) is 11.2. The van der Waals surface area contributed by atoms with Crippen molar-refractivity contribution >= 4 is 0 Å². The van der Waals surface area contributed by atoms with Crippen LogP contribution in [0, 0.1) is 0 Å². The van der Waals surface area contributed by atoms with Crippen molar-refractivity contribution in [2.75, 3.05) is 60.5 Å². The van der Waals surface area contributed by atoms with E-state index in [2.05, 4.69) is 40.9 Å². The van der Waals surface area contributed by atoms with Crippen molar-refractivity contribution in [1.82, 2.24) is 14.7 Å². The highest BCUT2D eigenvalue weighted by molar-refractivity contribution is 5.27. The van der Waals surface area contributed by atoms with Gasteiger partial charge in [-0.25, -0.2) is 0 Å². The second-order valence-electron chi connectivity index (χ2n) is 6.86. The topological polar surface area (TPSA) is 28.2 Å². The first-order valence-corrected chi connectivity index (χ1v) is 8.51. The van der Waals surface area contributed by atoms with Crippen molar-refractivity contribution in [2.24, 2.45) is 0 Å². The molecule has 0 aromatic heterocycles. The molecule has 128 valence electrons. The molecule has 2 aliphatic heterocycles. The zero-order valence-corrected chi connectivity index (χ0v) is 14.6. The lowest BCUT2D eigenvalue weighted by atomic mass is 10.1. The fourth-order valence-electron chi connectivity index (χ4n) is 3.56. The van der Waals surface area contributed by atoms with Crippen LogP contribution >= 0.6 is 0 Å². The van der Waals surface area contributed by atoms with Gasteiger partial charge in [0.1, 0.15) is 5.75 Å². The maximum absolute atomic E-state index is 6.03. The monoisotopic (exact) mass is 319 g/mol. The van der Waals surface area contributed by atoms with E-state index in [1.807, 2.05) is 12.1 Å². The molecule has 3 rings (SSSR count). The molecule has 0 N–H and O–H groups in total. The van der Waals surface area contributed by atoms with Gasteiger partial charge in [-0.05, 0) is 31.8 Å². The summed E-state index contributed by atoms with van der Waals surface area (Å²) < 4.78 is 11.3. The molecule has 2 aliphatic rings. The summed E-state index contributed by atoms with van der Waals surface area (Å²) in [6.45, 7) is 7.30. The quantitative estimate of drug-likeness (QED) is 0.784. The van der Waals surface area contributed by atoms with Gasteiger partial charge in [0.25, 0.3) is 0 Å². The van der Waals surface area contributed by atoms with Crippen molar-refractivity contribution < 1.29 is 9.47 Å². The normalized spacial score (nSPS) is 25.7. The number of likely N-dealkylation sites (tertiary alicyclic amines) is 1. The molecule has 0 saturated carbocycles. The van der Waals surface area contributed by atoms with E-state index in [-0.39, 0.29) is 0 Å². The number of benzene rings is 1. The van der Waals surface area contributed by atoms with Gasteiger partial charge in [-0.3, -0.25) is 9.80 Å². The van der Waals surface area contributed by atoms with E-state index in [1.54, 1.807) is 7.11 Å². The van der Waals surface area contributed by atoms with Crippen LogP contribution in [0.2, 0.25) is 0 Å². The van der Waals surface area contributed by atoms with Crippen molar-refractivity contribution in [1.29, 1.82) is 0 Å². The molecule has 2 heterocycles. The minimum absolute atomic E-state index is 0.365. The first kappa shape index (κ1) is 16.7. The summed E-state index contributed by atoms with van der Waals surface area (Å²) in [6.07, 6.45) is 0.365. The van der Waals surface area contributed by atoms with Crippen molar-refractivity contribution in [3.63, 3.8) is 0 Å². The fraction of sp³-hybridized carbons (Fsp3) is 0.667. The summed E-state index contributed by atoms with van der Waals surface area (Å²) >= 11 is 0. The number of morpholine rings is 1. The third kappa shape index (κ3) is 4.23. The standard InChI is InChI=1S/C18H29N3O2/c1-19(2)8-9-21-10-11-23-18-14-20(13-17(18)21)12-15-4-6-16(22-3)7-5-15/h4-7,17-18H,8-14H2,1-3H3/t17-,18+/m0/s1. The third-order valence-corrected chi connectivity index (χ3v) is 4.89. The van der Waals surface area contributed by atoms with Crippen LogP contribution in [0.25, 0.3) is 0 Å². The molecule has 1 aromatic rings. The van der Waals surface area contributed by atoms with Gasteiger partial charge in [-0.1, -0.05) is 12.1 Å². The number of ether oxygens (including phenoxy) is 2. The van der Waals surface area contributed by atoms with Crippen molar-refractivity contribution in [2.45, 2.75) is 18.7 Å². The Morgan fingerprint density at radius 3 is 2.70 bits per heavy atom. The van der Waals surface area contributed by atoms with Crippen molar-refractivity contribution in [3.05, 3.63) is 29.8 Å². The van der Waals surface area contributed by atoms with Gasteiger partial charge in [0, 0.05) is 45.3 Å². The Labute approximate surface area is 139 Å². The predicted octanol–water partition coefficient (Wildman–Crippen LogP) is 1.14. The number of fused-ring (bicyclic) bond motifs is 1. The summed E-state index contributed by atoms with van der Waals surface area (Å²) in [7, 11) is 5.99. The highest BCUT2D eigenvalue weighted by atomic mass is 16.5. The molecule has 0 unspecified atom stereocenters. The minimum atomic E-state index is 0.365. The highest BCUT2D eigenvalue weighted by Crippen LogP contribution is 2.24. The summed E-state index contributed by atoms with van der Waals surface area (Å²) in [6, 6.07) is 8.94. The van der Waals surface area contributed by atoms with E-state index < -0.39 is 0 Å². The molecule has 0 spiro atoms. The molecule has 2 atom stereocenters. The Kier molecular flexibility index (Phi) is 5.54. The number of nitrogens with zero attached hydrogens (tertiary/aromatic N) is 3. The molecule has 0 aliphatic carbocycles. The van der Waals surface area contributed by atoms with Gasteiger partial charge in [-0.15, -0.1) is 0 Å². The van der Waals surface area contributed by atoms with Crippen LogP contribution in [0.3, 0.4) is 0 Å². The SMILES string of the molecule is COc1ccc(CN2C[C@H]3OCCN(CCN(C)C)[C@H]3C2)cc1. The van der Waals surface area contributed by atoms with Gasteiger partial charge in [0.05, 0.1) is 19.8 Å². The maximum Gasteiger partial charge on any atom is 0.118 e. The van der Waals surface area contributed by atoms with Crippen LogP contribution in [0.5, 0.6) is 5.75 Å². The molecular formula is C18H29N3O2. The number of methoxy groups -OCH3 is 1. The summed E-state index contributed by atoms with van der Waals surface area (Å²) in [5, 5.41) is 0. The average Bonchev–Trinajstić information content (AvgIpc) is 2.96. The molecular weight excluding hydrogens is 290 g/mol. The Balaban J connectivity index is 1.57. The molecule has 0 bridgehead atoms. The molecule has 0 amide bonds. The number of likely N-dealkylation sites (N-methyl/N-ethyl adjacent to an activating group) is 1. The van der Waals surface area contributed by atoms with Gasteiger partial charge in [0.2, 0.25) is 0 Å². The molecule has 2 saturated heterocycles. The van der Waals surface area contributed by atoms with Gasteiger partial charge < -0.3 is 14.4 Å². The predicted molar refractivity (Wildman–Crippen MR) is 91.9 cm³/mol. The van der Waals surface area contributed by atoms with Crippen LogP contribution in [0.15, 0.2) is 24.3 Å². The van der Waals surface area contributed by atoms with E-state index in [4.69, 9.17) is 9.47 Å². The second kappa shape index (κ2) is 7.62. The Morgan fingerprint density at radius 2 is 2.00 bits per heavy atom. The van der Waals surface area contributed by atoms with Crippen LogP contribution in [0.1, 0.15) is 5.56 Å². The number of hydrogen-bond acceptors (Lipinski definition) is 5. The lowest BCUT2D eigenvalue weighted by molar-refractivity contribution is -0.0483. The number of hydrogen-bond donors (Lipinski definition) is 0. The zero-order valence-electron chi connectivity index (χ0n) is 14.6. The van der Waals surface area contributed by atoms with Gasteiger partial charge in [-0.2, -0.15) is 0 Å². The Hall–Kier alpha value is -1.14. The van der Waals surface area contributed by atoms with E-state index in [0.29, 0.717) is 12.1 Å². The van der Waals surface area contributed by atoms with E-state index in [0.717, 1.165) is 51.6 Å². The van der Waals surface area contributed by atoms with E-state index in [1.165, 1.54) is 5.56 Å². The lowest BCUT2D eigenvalue weighted by Gasteiger charge is -2.37. The van der Waals surface area contributed by atoms with Crippen LogP contribution in [-0.4, -0.2) is 87.4 Å². The van der Waals surface area contributed by atoms with Crippen LogP contribution < -0.4 is 4.74 Å².